The first-order chi connectivity index (χ1) is 69.5. The predicted molar refractivity (Wildman–Crippen MR) is 612 cm³/mol. The van der Waals surface area contributed by atoms with Gasteiger partial charge in [-0.1, -0.05) is 476 Å². The summed E-state index contributed by atoms with van der Waals surface area (Å²) in [7, 11) is 0. The highest BCUT2D eigenvalue weighted by atomic mass is 32.1. The number of fused-ring (bicyclic) bond motifs is 16. The third-order valence-electron chi connectivity index (χ3n) is 31.7. The number of carbonyl (C=O) groups excluding carboxylic acids is 2. The molecule has 0 fully saturated rings. The topological polar surface area (TPSA) is 170 Å². The van der Waals surface area contributed by atoms with E-state index >= 15 is 9.59 Å². The molecule has 0 saturated heterocycles. The second-order valence-electron chi connectivity index (χ2n) is 42.9. The van der Waals surface area contributed by atoms with E-state index in [4.69, 9.17) is 10.2 Å². The van der Waals surface area contributed by atoms with Gasteiger partial charge in [0.05, 0.1) is 56.8 Å². The van der Waals surface area contributed by atoms with E-state index in [1.54, 1.807) is 0 Å². The zero-order valence-corrected chi connectivity index (χ0v) is 92.5. The molecule has 11 nitrogen and oxygen atoms in total. The van der Waals surface area contributed by atoms with Gasteiger partial charge in [-0.15, -0.1) is 45.3 Å². The van der Waals surface area contributed by atoms with Crippen LogP contribution in [0.3, 0.4) is 0 Å². The Kier molecular flexibility index (Phi) is 49.5. The molecule has 0 N–H and O–H groups in total. The van der Waals surface area contributed by atoms with Crippen molar-refractivity contribution >= 4 is 152 Å². The maximum Gasteiger partial charge on any atom is 0.194 e. The van der Waals surface area contributed by atoms with Gasteiger partial charge in [-0.3, -0.25) is 9.59 Å². The maximum absolute atomic E-state index is 15.5. The van der Waals surface area contributed by atoms with Crippen molar-refractivity contribution < 1.29 is 9.59 Å². The summed E-state index contributed by atoms with van der Waals surface area (Å²) in [5.74, 6) is 0.921. The molecule has 7 aromatic heterocycles. The van der Waals surface area contributed by atoms with Gasteiger partial charge in [0.2, 0.25) is 0 Å². The SMILES string of the molecule is CCCCCCCCCCCCC(CCCCCCCCCC)Cn1c2c3sc(/C=C4\C(=O)c5ccccc5C4=C(C#N)C#N)c(CCCCCCCCCCC)c3sc2c2c3nn(CC(CCCC)CCCCCC)nc3c3c4sc5c(CCCCCCCCCCC)c(/C=C6\C(=O)c7ccccc7C6=C(C#N)C#N)sc5c4n(CC(CCCCCCCCCC)CCCCCCCCCCCC)c3c21. The molecule has 0 aliphatic heterocycles. The number of aryl methyl sites for hydroxylation is 2. The van der Waals surface area contributed by atoms with Crippen LogP contribution in [0.2, 0.25) is 0 Å². The Hall–Kier alpha value is -7.76. The monoisotopic (exact) mass is 1980 g/mol. The lowest BCUT2D eigenvalue weighted by atomic mass is 9.93. The number of carbonyl (C=O) groups is 2. The van der Waals surface area contributed by atoms with Gasteiger partial charge in [0.1, 0.15) is 46.5 Å². The first-order valence-electron chi connectivity index (χ1n) is 58.5. The molecule has 15 heteroatoms. The van der Waals surface area contributed by atoms with Crippen LogP contribution in [0.15, 0.2) is 70.8 Å². The second kappa shape index (κ2) is 62.3. The number of benzene rings is 3. The number of aromatic nitrogens is 5. The number of hydrogen-bond acceptors (Lipinski definition) is 12. The fraction of sp³-hybridized carbons (Fsp3) is 0.651. The number of nitriles is 4. The summed E-state index contributed by atoms with van der Waals surface area (Å²) >= 11 is 7.68. The number of unbranched alkanes of at least 4 members (excludes halogenated alkanes) is 52. The van der Waals surface area contributed by atoms with Gasteiger partial charge in [0.15, 0.2) is 11.6 Å². The minimum absolute atomic E-state index is 0.0272. The number of ketones is 2. The van der Waals surface area contributed by atoms with Gasteiger partial charge >= 0.3 is 0 Å². The van der Waals surface area contributed by atoms with E-state index in [1.807, 2.05) is 93.9 Å². The summed E-state index contributed by atoms with van der Waals surface area (Å²) in [5.41, 5.74) is 13.9. The lowest BCUT2D eigenvalue weighted by Gasteiger charge is -2.22. The van der Waals surface area contributed by atoms with Crippen molar-refractivity contribution in [2.45, 2.75) is 512 Å². The van der Waals surface area contributed by atoms with Crippen LogP contribution in [-0.4, -0.2) is 35.7 Å². The van der Waals surface area contributed by atoms with Gasteiger partial charge in [-0.25, -0.2) is 0 Å². The maximum atomic E-state index is 15.5. The van der Waals surface area contributed by atoms with Crippen molar-refractivity contribution in [1.29, 1.82) is 21.0 Å². The highest BCUT2D eigenvalue weighted by Crippen LogP contribution is 2.57. The summed E-state index contributed by atoms with van der Waals surface area (Å²) in [6, 6.07) is 24.4. The highest BCUT2D eigenvalue weighted by molar-refractivity contribution is 7.34. The van der Waals surface area contributed by atoms with Crippen molar-refractivity contribution in [2.75, 3.05) is 0 Å². The van der Waals surface area contributed by atoms with Crippen molar-refractivity contribution in [3.8, 4) is 24.3 Å². The molecule has 3 atom stereocenters. The predicted octanol–water partition coefficient (Wildman–Crippen LogP) is 41.2. The summed E-state index contributed by atoms with van der Waals surface area (Å²) in [5, 5.41) is 58.6. The molecular weight excluding hydrogens is 1800 g/mol. The molecule has 12 rings (SSSR count). The first kappa shape index (κ1) is 112. The van der Waals surface area contributed by atoms with E-state index in [0.29, 0.717) is 62.3 Å². The molecule has 0 spiro atoms. The van der Waals surface area contributed by atoms with Crippen molar-refractivity contribution in [1.82, 2.24) is 24.1 Å². The summed E-state index contributed by atoms with van der Waals surface area (Å²) in [4.78, 5) is 35.3. The Balaban J connectivity index is 1.19. The molecule has 3 aromatic carbocycles. The second-order valence-corrected chi connectivity index (χ2v) is 47.1. The molecule has 141 heavy (non-hydrogen) atoms. The number of rotatable bonds is 76. The standard InChI is InChI=1S/C126H179N9O2S4/c1-9-17-25-32-38-44-48-52-58-65-76-94(74-63-56-50-42-36-29-21-13-5)91-133-115-111(123-117(133)125-121(140-123)103(83-67-60-54-46-40-34-27-19-11-3)107(138-125)85-105-109(97(87-127)88-128)99-79-69-71-81-101(99)119(105)136)113-114(132-135(131-113)93-96(73-24-16-8)78-62-31-23-15-7)112-116(115)134(92-95(75-64-57-51-43-37-30-22-14-6)77-66-59-53-49-45-39-33-26-18-10-2)118-124(112)141-122-104(84-68-61-55-47-41-35-28-20-12-4)108(139-126(118)122)86-106-110(98(89-129)90-130)100-80-70-72-82-102(100)120(106)137/h69-72,79-82,85-86,94-96H,9-68,73-78,83-84,91-93H2,1-8H3/b105-85-,106-86-. The molecule has 10 aromatic rings. The van der Waals surface area contributed by atoms with Gasteiger partial charge < -0.3 is 9.13 Å². The lowest BCUT2D eigenvalue weighted by molar-refractivity contribution is 0.103. The largest absolute Gasteiger partial charge is 0.337 e. The summed E-state index contributed by atoms with van der Waals surface area (Å²) in [6.45, 7) is 21.1. The van der Waals surface area contributed by atoms with E-state index in [0.717, 1.165) is 124 Å². The van der Waals surface area contributed by atoms with Crippen LogP contribution in [-0.2, 0) is 32.5 Å². The van der Waals surface area contributed by atoms with E-state index in [9.17, 15) is 21.0 Å². The Bertz CT molecular complexity index is 5490. The van der Waals surface area contributed by atoms with Crippen LogP contribution in [0, 0.1) is 63.1 Å². The molecule has 764 valence electrons. The smallest absolute Gasteiger partial charge is 0.194 e. The molecule has 0 radical (unpaired) electrons. The number of allylic oxidation sites excluding steroid dienone is 6. The van der Waals surface area contributed by atoms with Crippen LogP contribution in [0.4, 0.5) is 0 Å². The van der Waals surface area contributed by atoms with E-state index in [-0.39, 0.29) is 22.7 Å². The normalized spacial score (nSPS) is 14.0. The van der Waals surface area contributed by atoms with E-state index in [2.05, 4.69) is 106 Å². The Morgan fingerprint density at radius 3 is 0.823 bits per heavy atom. The summed E-state index contributed by atoms with van der Waals surface area (Å²) < 4.78 is 13.6. The molecule has 2 aliphatic rings. The molecule has 2 aliphatic carbocycles. The molecule has 0 bridgehead atoms. The van der Waals surface area contributed by atoms with Gasteiger partial charge in [-0.2, -0.15) is 36.0 Å². The Morgan fingerprint density at radius 1 is 0.291 bits per heavy atom. The third kappa shape index (κ3) is 30.7. The highest BCUT2D eigenvalue weighted by Gasteiger charge is 2.38. The third-order valence-corrected chi connectivity index (χ3v) is 36.8. The Morgan fingerprint density at radius 2 is 0.539 bits per heavy atom. The fourth-order valence-corrected chi connectivity index (χ4v) is 29.4. The summed E-state index contributed by atoms with van der Waals surface area (Å²) in [6.07, 6.45) is 88.3. The zero-order chi connectivity index (χ0) is 99.1. The number of nitrogens with zero attached hydrogens (tertiary/aromatic N) is 9. The zero-order valence-electron chi connectivity index (χ0n) is 89.2. The molecular formula is C126H179N9O2S4. The van der Waals surface area contributed by atoms with Gasteiger partial charge in [0.25, 0.3) is 0 Å². The number of hydrogen-bond donors (Lipinski definition) is 0. The Labute approximate surface area is 868 Å². The van der Waals surface area contributed by atoms with E-state index < -0.39 is 0 Å². The van der Waals surface area contributed by atoms with Gasteiger partial charge in [0, 0.05) is 67.0 Å². The quantitative estimate of drug-likeness (QED) is 0.0206. The lowest BCUT2D eigenvalue weighted by Crippen LogP contribution is -2.14. The van der Waals surface area contributed by atoms with Crippen molar-refractivity contribution in [3.63, 3.8) is 0 Å². The van der Waals surface area contributed by atoms with E-state index in [1.165, 1.54) is 425 Å². The first-order valence-corrected chi connectivity index (χ1v) is 61.7. The average molecular weight is 1980 g/mol. The fourth-order valence-electron chi connectivity index (χ4n) is 23.5. The van der Waals surface area contributed by atoms with Crippen LogP contribution in [0.5, 0.6) is 0 Å². The van der Waals surface area contributed by atoms with Crippen LogP contribution >= 0.6 is 45.3 Å². The molecule has 0 saturated carbocycles. The van der Waals surface area contributed by atoms with Gasteiger partial charge in [-0.05, 0) is 116 Å². The van der Waals surface area contributed by atoms with Crippen molar-refractivity contribution in [2.24, 2.45) is 17.8 Å². The number of thiophene rings is 4. The number of Topliss-reactive ketones (excluding diaryl/α,β-unsaturated/α-hetero) is 2. The average Bonchev–Trinajstić information content (AvgIpc) is 1.50. The van der Waals surface area contributed by atoms with Crippen LogP contribution in [0.1, 0.15) is 532 Å². The minimum Gasteiger partial charge on any atom is -0.337 e. The molecule has 7 heterocycles. The molecule has 0 amide bonds. The van der Waals surface area contributed by atoms with Crippen molar-refractivity contribution in [3.05, 3.63) is 114 Å². The van der Waals surface area contributed by atoms with Crippen LogP contribution in [0.25, 0.3) is 95.4 Å². The molecule has 3 unspecified atom stereocenters. The van der Waals surface area contributed by atoms with Crippen LogP contribution < -0.4 is 0 Å². The minimum atomic E-state index is -0.129.